The van der Waals surface area contributed by atoms with Crippen LogP contribution in [0.4, 0.5) is 5.69 Å². The molecule has 0 atom stereocenters. The summed E-state index contributed by atoms with van der Waals surface area (Å²) < 4.78 is 0. The van der Waals surface area contributed by atoms with Gasteiger partial charge < -0.3 is 5.32 Å². The topological polar surface area (TPSA) is 46.2 Å². The van der Waals surface area contributed by atoms with Gasteiger partial charge in [0, 0.05) is 12.5 Å². The third kappa shape index (κ3) is 2.19. The van der Waals surface area contributed by atoms with Gasteiger partial charge in [0.1, 0.15) is 0 Å². The summed E-state index contributed by atoms with van der Waals surface area (Å²) in [5.74, 6) is -0.165. The lowest BCUT2D eigenvalue weighted by Gasteiger charge is -2.08. The van der Waals surface area contributed by atoms with Gasteiger partial charge in [0.15, 0.2) is 6.29 Å². The molecule has 0 saturated heterocycles. The van der Waals surface area contributed by atoms with E-state index < -0.39 is 0 Å². The maximum Gasteiger partial charge on any atom is 0.221 e. The zero-order chi connectivity index (χ0) is 10.6. The Kier molecular flexibility index (Phi) is 3.40. The van der Waals surface area contributed by atoms with Crippen molar-refractivity contribution < 1.29 is 9.59 Å². The monoisotopic (exact) mass is 191 g/mol. The number of hydrogen-bond acceptors (Lipinski definition) is 2. The van der Waals surface area contributed by atoms with Crippen molar-refractivity contribution in [2.24, 2.45) is 0 Å². The lowest BCUT2D eigenvalue weighted by molar-refractivity contribution is -0.114. The molecule has 1 aromatic carbocycles. The summed E-state index contributed by atoms with van der Waals surface area (Å²) >= 11 is 0. The van der Waals surface area contributed by atoms with Gasteiger partial charge in [-0.1, -0.05) is 19.1 Å². The maximum atomic E-state index is 10.9. The van der Waals surface area contributed by atoms with Gasteiger partial charge >= 0.3 is 0 Å². The fourth-order valence-electron chi connectivity index (χ4n) is 1.36. The number of nitrogens with one attached hydrogen (secondary N) is 1. The van der Waals surface area contributed by atoms with Gasteiger partial charge in [-0.15, -0.1) is 0 Å². The van der Waals surface area contributed by atoms with Gasteiger partial charge in [-0.25, -0.2) is 0 Å². The molecule has 0 spiro atoms. The highest BCUT2D eigenvalue weighted by atomic mass is 16.1. The molecule has 0 aliphatic carbocycles. The first kappa shape index (κ1) is 10.4. The first-order valence-corrected chi connectivity index (χ1v) is 4.53. The van der Waals surface area contributed by atoms with Crippen LogP contribution in [-0.2, 0) is 11.2 Å². The zero-order valence-electron chi connectivity index (χ0n) is 8.33. The predicted octanol–water partition coefficient (Wildman–Crippen LogP) is 2.02. The predicted molar refractivity (Wildman–Crippen MR) is 55.5 cm³/mol. The molecule has 0 heterocycles. The molecule has 0 aliphatic rings. The molecular formula is C11H13NO2. The molecule has 0 saturated carbocycles. The summed E-state index contributed by atoms with van der Waals surface area (Å²) in [6.07, 6.45) is 1.56. The van der Waals surface area contributed by atoms with Crippen molar-refractivity contribution in [2.45, 2.75) is 20.3 Å². The molecule has 0 fully saturated rings. The standard InChI is InChI=1S/C11H13NO2/c1-3-9-5-4-6-11(10(9)7-13)12-8(2)14/h4-7H,3H2,1-2H3,(H,12,14). The van der Waals surface area contributed by atoms with E-state index in [1.54, 1.807) is 6.07 Å². The molecule has 14 heavy (non-hydrogen) atoms. The summed E-state index contributed by atoms with van der Waals surface area (Å²) in [5.41, 5.74) is 2.11. The Labute approximate surface area is 83.1 Å². The van der Waals surface area contributed by atoms with E-state index in [4.69, 9.17) is 0 Å². The molecule has 1 amide bonds. The number of amides is 1. The van der Waals surface area contributed by atoms with Gasteiger partial charge in [0.25, 0.3) is 0 Å². The molecular weight excluding hydrogens is 178 g/mol. The Balaban J connectivity index is 3.14. The molecule has 1 rings (SSSR count). The molecule has 1 N–H and O–H groups in total. The summed E-state index contributed by atoms with van der Waals surface area (Å²) in [6, 6.07) is 5.44. The molecule has 74 valence electrons. The smallest absolute Gasteiger partial charge is 0.221 e. The van der Waals surface area contributed by atoms with Crippen LogP contribution in [0.25, 0.3) is 0 Å². The van der Waals surface area contributed by atoms with Crippen LogP contribution in [0.15, 0.2) is 18.2 Å². The maximum absolute atomic E-state index is 10.9. The van der Waals surface area contributed by atoms with Crippen molar-refractivity contribution in [2.75, 3.05) is 5.32 Å². The number of hydrogen-bond donors (Lipinski definition) is 1. The minimum absolute atomic E-state index is 0.165. The third-order valence-electron chi connectivity index (χ3n) is 2.01. The summed E-state index contributed by atoms with van der Waals surface area (Å²) in [4.78, 5) is 21.7. The molecule has 1 aromatic rings. The van der Waals surface area contributed by atoms with Crippen LogP contribution in [0.5, 0.6) is 0 Å². The second-order valence-corrected chi connectivity index (χ2v) is 3.03. The van der Waals surface area contributed by atoms with Crippen LogP contribution in [0, 0.1) is 0 Å². The van der Waals surface area contributed by atoms with Gasteiger partial charge in [0.2, 0.25) is 5.91 Å². The number of carbonyl (C=O) groups excluding carboxylic acids is 2. The normalized spacial score (nSPS) is 9.57. The van der Waals surface area contributed by atoms with Gasteiger partial charge in [-0.2, -0.15) is 0 Å². The first-order valence-electron chi connectivity index (χ1n) is 4.53. The molecule has 0 aromatic heterocycles. The highest BCUT2D eigenvalue weighted by Gasteiger charge is 2.06. The molecule has 0 radical (unpaired) electrons. The lowest BCUT2D eigenvalue weighted by Crippen LogP contribution is -2.09. The molecule has 0 unspecified atom stereocenters. The van der Waals surface area contributed by atoms with Gasteiger partial charge in [-0.3, -0.25) is 9.59 Å². The van der Waals surface area contributed by atoms with E-state index in [1.165, 1.54) is 6.92 Å². The second kappa shape index (κ2) is 4.56. The molecule has 0 aliphatic heterocycles. The second-order valence-electron chi connectivity index (χ2n) is 3.03. The number of carbonyl (C=O) groups is 2. The molecule has 0 bridgehead atoms. The van der Waals surface area contributed by atoms with E-state index in [0.717, 1.165) is 18.3 Å². The van der Waals surface area contributed by atoms with Crippen molar-refractivity contribution in [3.05, 3.63) is 29.3 Å². The van der Waals surface area contributed by atoms with Crippen molar-refractivity contribution in [1.29, 1.82) is 0 Å². The average molecular weight is 191 g/mol. The van der Waals surface area contributed by atoms with Crippen LogP contribution in [0.3, 0.4) is 0 Å². The zero-order valence-corrected chi connectivity index (χ0v) is 8.33. The number of anilines is 1. The third-order valence-corrected chi connectivity index (χ3v) is 2.01. The first-order chi connectivity index (χ1) is 6.69. The molecule has 3 nitrogen and oxygen atoms in total. The van der Waals surface area contributed by atoms with Gasteiger partial charge in [0.05, 0.1) is 5.69 Å². The van der Waals surface area contributed by atoms with Crippen LogP contribution in [0.1, 0.15) is 29.8 Å². The van der Waals surface area contributed by atoms with Crippen molar-refractivity contribution in [3.8, 4) is 0 Å². The summed E-state index contributed by atoms with van der Waals surface area (Å²) in [7, 11) is 0. The van der Waals surface area contributed by atoms with E-state index in [-0.39, 0.29) is 5.91 Å². The van der Waals surface area contributed by atoms with Crippen LogP contribution >= 0.6 is 0 Å². The van der Waals surface area contributed by atoms with Crippen molar-refractivity contribution in [3.63, 3.8) is 0 Å². The van der Waals surface area contributed by atoms with E-state index in [1.807, 2.05) is 19.1 Å². The Bertz CT molecular complexity index is 358. The minimum Gasteiger partial charge on any atom is -0.326 e. The number of benzene rings is 1. The Hall–Kier alpha value is -1.64. The largest absolute Gasteiger partial charge is 0.326 e. The number of aryl methyl sites for hydroxylation is 1. The number of aldehydes is 1. The highest BCUT2D eigenvalue weighted by molar-refractivity contribution is 5.96. The quantitative estimate of drug-likeness (QED) is 0.743. The average Bonchev–Trinajstić information content (AvgIpc) is 2.16. The highest BCUT2D eigenvalue weighted by Crippen LogP contribution is 2.18. The minimum atomic E-state index is -0.165. The fourth-order valence-corrected chi connectivity index (χ4v) is 1.36. The summed E-state index contributed by atoms with van der Waals surface area (Å²) in [6.45, 7) is 3.40. The lowest BCUT2D eigenvalue weighted by atomic mass is 10.0. The van der Waals surface area contributed by atoms with E-state index in [2.05, 4.69) is 5.32 Å². The fraction of sp³-hybridized carbons (Fsp3) is 0.273. The summed E-state index contributed by atoms with van der Waals surface area (Å²) in [5, 5.41) is 2.63. The molecule has 3 heteroatoms. The Morgan fingerprint density at radius 1 is 1.50 bits per heavy atom. The van der Waals surface area contributed by atoms with Crippen molar-refractivity contribution in [1.82, 2.24) is 0 Å². The van der Waals surface area contributed by atoms with Crippen LogP contribution in [0.2, 0.25) is 0 Å². The van der Waals surface area contributed by atoms with Crippen molar-refractivity contribution >= 4 is 17.9 Å². The van der Waals surface area contributed by atoms with E-state index >= 15 is 0 Å². The van der Waals surface area contributed by atoms with E-state index in [0.29, 0.717) is 11.3 Å². The van der Waals surface area contributed by atoms with E-state index in [9.17, 15) is 9.59 Å². The Morgan fingerprint density at radius 2 is 2.21 bits per heavy atom. The van der Waals surface area contributed by atoms with Gasteiger partial charge in [-0.05, 0) is 18.1 Å². The SMILES string of the molecule is CCc1cccc(NC(C)=O)c1C=O. The van der Waals surface area contributed by atoms with Crippen LogP contribution in [-0.4, -0.2) is 12.2 Å². The Morgan fingerprint density at radius 3 is 2.71 bits per heavy atom. The number of rotatable bonds is 3. The van der Waals surface area contributed by atoms with Crippen LogP contribution < -0.4 is 5.32 Å².